The third kappa shape index (κ3) is 3.40. The monoisotopic (exact) mass is 234 g/mol. The first-order chi connectivity index (χ1) is 8.29. The topological polar surface area (TPSA) is 63.8 Å². The molecule has 1 unspecified atom stereocenters. The van der Waals surface area contributed by atoms with Crippen molar-refractivity contribution in [3.05, 3.63) is 17.8 Å². The van der Waals surface area contributed by atoms with Crippen LogP contribution in [0.3, 0.4) is 0 Å². The molecule has 0 spiro atoms. The van der Waals surface area contributed by atoms with Crippen LogP contribution in [0.2, 0.25) is 0 Å². The molecule has 3 N–H and O–H groups in total. The van der Waals surface area contributed by atoms with Gasteiger partial charge in [0.2, 0.25) is 0 Å². The van der Waals surface area contributed by atoms with E-state index in [0.717, 1.165) is 11.5 Å². The quantitative estimate of drug-likeness (QED) is 0.839. The highest BCUT2D eigenvalue weighted by atomic mass is 15.2. The zero-order valence-electron chi connectivity index (χ0n) is 10.5. The lowest BCUT2D eigenvalue weighted by Gasteiger charge is -2.20. The summed E-state index contributed by atoms with van der Waals surface area (Å²) in [4.78, 5) is 0. The maximum Gasteiger partial charge on any atom is 0.148 e. The Morgan fingerprint density at radius 2 is 2.06 bits per heavy atom. The number of anilines is 1. The molecule has 0 aromatic carbocycles. The summed E-state index contributed by atoms with van der Waals surface area (Å²) in [6, 6.07) is 4.36. The second kappa shape index (κ2) is 5.96. The minimum Gasteiger partial charge on any atom is -0.365 e. The fraction of sp³-hybridized carbons (Fsp3) is 0.692. The molecule has 0 bridgehead atoms. The number of hydrogen-bond acceptors (Lipinski definition) is 4. The van der Waals surface area contributed by atoms with Crippen molar-refractivity contribution in [3.8, 4) is 0 Å². The van der Waals surface area contributed by atoms with E-state index in [9.17, 15) is 0 Å². The average molecular weight is 234 g/mol. The number of nitrogens with two attached hydrogens (primary N) is 1. The molecule has 0 amide bonds. The van der Waals surface area contributed by atoms with E-state index in [0.29, 0.717) is 12.5 Å². The van der Waals surface area contributed by atoms with E-state index in [1.165, 1.54) is 32.1 Å². The Labute approximate surface area is 103 Å². The van der Waals surface area contributed by atoms with Gasteiger partial charge in [-0.15, -0.1) is 5.10 Å². The summed E-state index contributed by atoms with van der Waals surface area (Å²) in [5.74, 6) is 1.44. The Morgan fingerprint density at radius 1 is 1.29 bits per heavy atom. The molecule has 2 rings (SSSR count). The summed E-state index contributed by atoms with van der Waals surface area (Å²) in [6.07, 6.45) is 6.56. The van der Waals surface area contributed by atoms with Gasteiger partial charge >= 0.3 is 0 Å². The smallest absolute Gasteiger partial charge is 0.148 e. The van der Waals surface area contributed by atoms with Crippen molar-refractivity contribution in [2.45, 2.75) is 51.0 Å². The maximum atomic E-state index is 5.56. The first-order valence-electron chi connectivity index (χ1n) is 6.60. The molecular formula is C13H22N4. The third-order valence-electron chi connectivity index (χ3n) is 3.46. The van der Waals surface area contributed by atoms with Crippen LogP contribution in [0, 0.1) is 0 Å². The lowest BCUT2D eigenvalue weighted by Crippen LogP contribution is -2.25. The van der Waals surface area contributed by atoms with Gasteiger partial charge in [-0.05, 0) is 31.9 Å². The summed E-state index contributed by atoms with van der Waals surface area (Å²) in [6.45, 7) is 2.64. The molecule has 1 fully saturated rings. The van der Waals surface area contributed by atoms with Gasteiger partial charge in [-0.1, -0.05) is 19.3 Å². The van der Waals surface area contributed by atoms with Gasteiger partial charge < -0.3 is 11.1 Å². The highest BCUT2D eigenvalue weighted by Crippen LogP contribution is 2.31. The van der Waals surface area contributed by atoms with Gasteiger partial charge in [0.1, 0.15) is 5.82 Å². The van der Waals surface area contributed by atoms with Gasteiger partial charge in [-0.3, -0.25) is 0 Å². The molecule has 1 aromatic heterocycles. The van der Waals surface area contributed by atoms with Crippen molar-refractivity contribution >= 4 is 5.82 Å². The Hall–Kier alpha value is -1.16. The van der Waals surface area contributed by atoms with E-state index in [1.807, 2.05) is 13.0 Å². The molecule has 1 atom stereocenters. The molecular weight excluding hydrogens is 212 g/mol. The third-order valence-corrected chi connectivity index (χ3v) is 3.46. The van der Waals surface area contributed by atoms with Crippen molar-refractivity contribution in [2.75, 3.05) is 11.9 Å². The largest absolute Gasteiger partial charge is 0.365 e. The molecule has 1 aliphatic rings. The lowest BCUT2D eigenvalue weighted by atomic mass is 9.87. The fourth-order valence-electron chi connectivity index (χ4n) is 2.35. The number of aromatic nitrogens is 2. The molecule has 94 valence electrons. The van der Waals surface area contributed by atoms with Crippen LogP contribution in [-0.2, 0) is 0 Å². The molecule has 0 radical (unpaired) electrons. The Kier molecular flexibility index (Phi) is 4.31. The summed E-state index contributed by atoms with van der Waals surface area (Å²) in [7, 11) is 0. The molecule has 1 aromatic rings. The van der Waals surface area contributed by atoms with Crippen LogP contribution in [0.4, 0.5) is 5.82 Å². The maximum absolute atomic E-state index is 5.56. The Balaban J connectivity index is 1.97. The van der Waals surface area contributed by atoms with Crippen molar-refractivity contribution in [1.82, 2.24) is 10.2 Å². The number of nitrogens with zero attached hydrogens (tertiary/aromatic N) is 2. The predicted molar refractivity (Wildman–Crippen MR) is 70.0 cm³/mol. The van der Waals surface area contributed by atoms with Crippen molar-refractivity contribution in [2.24, 2.45) is 5.73 Å². The van der Waals surface area contributed by atoms with Crippen LogP contribution < -0.4 is 11.1 Å². The molecule has 1 saturated carbocycles. The van der Waals surface area contributed by atoms with E-state index in [1.54, 1.807) is 0 Å². The predicted octanol–water partition coefficient (Wildman–Crippen LogP) is 2.28. The number of nitrogens with one attached hydrogen (secondary N) is 1. The highest BCUT2D eigenvalue weighted by molar-refractivity contribution is 5.34. The van der Waals surface area contributed by atoms with Gasteiger partial charge in [0.05, 0.1) is 5.69 Å². The van der Waals surface area contributed by atoms with Crippen LogP contribution in [0.25, 0.3) is 0 Å². The van der Waals surface area contributed by atoms with E-state index >= 15 is 0 Å². The van der Waals surface area contributed by atoms with Crippen molar-refractivity contribution in [3.63, 3.8) is 0 Å². The van der Waals surface area contributed by atoms with E-state index < -0.39 is 0 Å². The molecule has 4 heteroatoms. The van der Waals surface area contributed by atoms with E-state index in [4.69, 9.17) is 5.73 Å². The van der Waals surface area contributed by atoms with Crippen LogP contribution in [0.15, 0.2) is 12.1 Å². The van der Waals surface area contributed by atoms with Crippen molar-refractivity contribution in [1.29, 1.82) is 0 Å². The Morgan fingerprint density at radius 3 is 2.65 bits per heavy atom. The second-order valence-electron chi connectivity index (χ2n) is 4.96. The van der Waals surface area contributed by atoms with Crippen LogP contribution in [0.1, 0.15) is 50.6 Å². The average Bonchev–Trinajstić information content (AvgIpc) is 2.40. The van der Waals surface area contributed by atoms with Gasteiger partial charge in [-0.2, -0.15) is 5.10 Å². The van der Waals surface area contributed by atoms with Gasteiger partial charge in [0.25, 0.3) is 0 Å². The lowest BCUT2D eigenvalue weighted by molar-refractivity contribution is 0.434. The van der Waals surface area contributed by atoms with Gasteiger partial charge in [0.15, 0.2) is 0 Å². The molecule has 1 heterocycles. The summed E-state index contributed by atoms with van der Waals surface area (Å²) in [5, 5.41) is 11.8. The minimum absolute atomic E-state index is 0.241. The zero-order chi connectivity index (χ0) is 12.1. The standard InChI is InChI=1S/C13H22N4/c1-10(9-14)15-13-8-7-12(16-17-13)11-5-3-2-4-6-11/h7-8,10-11H,2-6,9,14H2,1H3,(H,15,17). The zero-order valence-corrected chi connectivity index (χ0v) is 10.5. The molecule has 1 aliphatic carbocycles. The first-order valence-corrected chi connectivity index (χ1v) is 6.60. The fourth-order valence-corrected chi connectivity index (χ4v) is 2.35. The SMILES string of the molecule is CC(CN)Nc1ccc(C2CCCCC2)nn1. The van der Waals surface area contributed by atoms with E-state index in [-0.39, 0.29) is 6.04 Å². The molecule has 4 nitrogen and oxygen atoms in total. The first kappa shape index (κ1) is 12.3. The minimum atomic E-state index is 0.241. The van der Waals surface area contributed by atoms with E-state index in [2.05, 4.69) is 21.6 Å². The van der Waals surface area contributed by atoms with Crippen LogP contribution in [0.5, 0.6) is 0 Å². The Bertz CT molecular complexity index is 330. The number of rotatable bonds is 4. The molecule has 0 aliphatic heterocycles. The highest BCUT2D eigenvalue weighted by Gasteiger charge is 2.17. The van der Waals surface area contributed by atoms with Gasteiger partial charge in [0, 0.05) is 18.5 Å². The van der Waals surface area contributed by atoms with Crippen LogP contribution >= 0.6 is 0 Å². The van der Waals surface area contributed by atoms with Crippen molar-refractivity contribution < 1.29 is 0 Å². The van der Waals surface area contributed by atoms with Crippen LogP contribution in [-0.4, -0.2) is 22.8 Å². The summed E-state index contributed by atoms with van der Waals surface area (Å²) in [5.41, 5.74) is 6.70. The molecule has 17 heavy (non-hydrogen) atoms. The van der Waals surface area contributed by atoms with Gasteiger partial charge in [-0.25, -0.2) is 0 Å². The normalized spacial score (nSPS) is 18.9. The second-order valence-corrected chi connectivity index (χ2v) is 4.96. The molecule has 0 saturated heterocycles. The number of hydrogen-bond donors (Lipinski definition) is 2. The summed E-state index contributed by atoms with van der Waals surface area (Å²) < 4.78 is 0. The summed E-state index contributed by atoms with van der Waals surface area (Å²) >= 11 is 0.